The van der Waals surface area contributed by atoms with Gasteiger partial charge >= 0.3 is 18.4 Å². The highest BCUT2D eigenvalue weighted by Crippen LogP contribution is 2.38. The molecule has 1 aromatic rings. The minimum Gasteiger partial charge on any atom is -0.465 e. The van der Waals surface area contributed by atoms with E-state index in [9.17, 15) is 35.9 Å². The predicted molar refractivity (Wildman–Crippen MR) is 109 cm³/mol. The highest BCUT2D eigenvalue weighted by molar-refractivity contribution is 5.94. The van der Waals surface area contributed by atoms with Crippen LogP contribution in [0.5, 0.6) is 0 Å². The number of carboxylic acid groups (broad SMARTS) is 1. The largest absolute Gasteiger partial charge is 0.465 e. The van der Waals surface area contributed by atoms with Crippen molar-refractivity contribution >= 4 is 12.0 Å². The molecule has 1 aromatic carbocycles. The Morgan fingerprint density at radius 2 is 1.42 bits per heavy atom. The first-order valence-corrected chi connectivity index (χ1v) is 10.6. The zero-order valence-corrected chi connectivity index (χ0v) is 18.5. The summed E-state index contributed by atoms with van der Waals surface area (Å²) in [6, 6.07) is 0.533. The van der Waals surface area contributed by atoms with Crippen LogP contribution in [0.25, 0.3) is 0 Å². The Morgan fingerprint density at radius 1 is 0.939 bits per heavy atom. The van der Waals surface area contributed by atoms with Crippen molar-refractivity contribution in [1.29, 1.82) is 0 Å². The first-order valence-electron chi connectivity index (χ1n) is 10.6. The number of carbonyl (C=O) groups is 2. The van der Waals surface area contributed by atoms with Gasteiger partial charge in [-0.25, -0.2) is 4.79 Å². The summed E-state index contributed by atoms with van der Waals surface area (Å²) in [6.07, 6.45) is -8.49. The van der Waals surface area contributed by atoms with Crippen LogP contribution < -0.4 is 10.6 Å². The van der Waals surface area contributed by atoms with Gasteiger partial charge in [0.15, 0.2) is 0 Å². The molecule has 0 saturated heterocycles. The van der Waals surface area contributed by atoms with Gasteiger partial charge in [-0.3, -0.25) is 4.79 Å². The van der Waals surface area contributed by atoms with Crippen LogP contribution in [0, 0.1) is 17.3 Å². The minimum atomic E-state index is -5.03. The summed E-state index contributed by atoms with van der Waals surface area (Å²) in [7, 11) is 0. The van der Waals surface area contributed by atoms with E-state index in [1.54, 1.807) is 0 Å². The first-order chi connectivity index (χ1) is 15.0. The van der Waals surface area contributed by atoms with Crippen LogP contribution in [0.15, 0.2) is 18.2 Å². The number of hydrogen-bond acceptors (Lipinski definition) is 2. The monoisotopic (exact) mass is 482 g/mol. The molecule has 0 spiro atoms. The number of hydrogen-bond donors (Lipinski definition) is 3. The molecule has 0 aromatic heterocycles. The third-order valence-corrected chi connectivity index (χ3v) is 5.98. The second-order valence-corrected chi connectivity index (χ2v) is 9.58. The maximum Gasteiger partial charge on any atom is 0.416 e. The molecule has 0 radical (unpaired) electrons. The molecule has 0 heterocycles. The Balaban J connectivity index is 2.03. The third kappa shape index (κ3) is 7.53. The average Bonchev–Trinajstić information content (AvgIpc) is 2.68. The van der Waals surface area contributed by atoms with Gasteiger partial charge in [0.1, 0.15) is 0 Å². The normalized spacial score (nSPS) is 20.8. The molecule has 3 N–H and O–H groups in total. The van der Waals surface area contributed by atoms with Gasteiger partial charge in [0, 0.05) is 18.2 Å². The van der Waals surface area contributed by atoms with Crippen LogP contribution in [-0.4, -0.2) is 29.7 Å². The maximum atomic E-state index is 13.0. The van der Waals surface area contributed by atoms with Crippen molar-refractivity contribution in [2.75, 3.05) is 6.54 Å². The lowest BCUT2D eigenvalue weighted by Gasteiger charge is -2.40. The molecule has 1 fully saturated rings. The Bertz CT molecular complexity index is 821. The van der Waals surface area contributed by atoms with Crippen molar-refractivity contribution in [1.82, 2.24) is 10.6 Å². The number of alkyl halides is 6. The number of benzene rings is 1. The summed E-state index contributed by atoms with van der Waals surface area (Å²) in [5, 5.41) is 14.1. The molecule has 5 nitrogen and oxygen atoms in total. The lowest BCUT2D eigenvalue weighted by atomic mass is 9.71. The second-order valence-electron chi connectivity index (χ2n) is 9.58. The summed E-state index contributed by atoms with van der Waals surface area (Å²) in [5.41, 5.74) is -4.09. The van der Waals surface area contributed by atoms with E-state index in [4.69, 9.17) is 5.11 Å². The van der Waals surface area contributed by atoms with Crippen molar-refractivity contribution in [3.05, 3.63) is 34.9 Å². The minimum absolute atomic E-state index is 0.0106. The van der Waals surface area contributed by atoms with Gasteiger partial charge < -0.3 is 15.7 Å². The van der Waals surface area contributed by atoms with Crippen LogP contribution in [0.1, 0.15) is 67.9 Å². The van der Waals surface area contributed by atoms with Crippen LogP contribution in [0.3, 0.4) is 0 Å². The molecule has 1 saturated carbocycles. The van der Waals surface area contributed by atoms with Gasteiger partial charge in [0.25, 0.3) is 5.91 Å². The van der Waals surface area contributed by atoms with Gasteiger partial charge in [-0.2, -0.15) is 26.3 Å². The molecule has 33 heavy (non-hydrogen) atoms. The fourth-order valence-corrected chi connectivity index (χ4v) is 4.33. The zero-order chi connectivity index (χ0) is 25.2. The van der Waals surface area contributed by atoms with E-state index < -0.39 is 41.0 Å². The molecule has 1 aliphatic rings. The smallest absolute Gasteiger partial charge is 0.416 e. The molecule has 2 amide bonds. The van der Waals surface area contributed by atoms with Gasteiger partial charge in [-0.1, -0.05) is 20.8 Å². The van der Waals surface area contributed by atoms with Crippen LogP contribution >= 0.6 is 0 Å². The van der Waals surface area contributed by atoms with E-state index in [1.165, 1.54) is 0 Å². The molecule has 0 bridgehead atoms. The first kappa shape index (κ1) is 26.8. The average molecular weight is 482 g/mol. The van der Waals surface area contributed by atoms with Gasteiger partial charge in [0.05, 0.1) is 11.1 Å². The standard InChI is InChI=1S/C22H28F6N2O3/c1-20(2,3)17(30-19(32)33)13-6-4-12(5-7-13)11-29-18(31)14-8-15(21(23,24)25)10-16(9-14)22(26,27)28/h8-10,12-13,17,30H,4-7,11H2,1-3H3,(H,29,31)(H,32,33)/t12-,13-,17?. The Hall–Kier alpha value is -2.46. The number of amides is 2. The molecule has 186 valence electrons. The number of halogens is 6. The molecule has 1 aliphatic carbocycles. The van der Waals surface area contributed by atoms with Gasteiger partial charge in [-0.05, 0) is 61.1 Å². The molecule has 0 aliphatic heterocycles. The molecule has 2 rings (SSSR count). The lowest BCUT2D eigenvalue weighted by Crippen LogP contribution is -2.49. The number of carbonyl (C=O) groups excluding carboxylic acids is 1. The molecular formula is C22H28F6N2O3. The fourth-order valence-electron chi connectivity index (χ4n) is 4.33. The van der Waals surface area contributed by atoms with Crippen molar-refractivity contribution in [2.24, 2.45) is 17.3 Å². The Labute approximate surface area is 187 Å². The quantitative estimate of drug-likeness (QED) is 0.455. The maximum absolute atomic E-state index is 13.0. The van der Waals surface area contributed by atoms with Crippen molar-refractivity contribution < 1.29 is 41.0 Å². The molecular weight excluding hydrogens is 454 g/mol. The summed E-state index contributed by atoms with van der Waals surface area (Å²) in [6.45, 7) is 5.91. The predicted octanol–water partition coefficient (Wildman–Crippen LogP) is 5.94. The van der Waals surface area contributed by atoms with Crippen LogP contribution in [0.2, 0.25) is 0 Å². The van der Waals surface area contributed by atoms with Gasteiger partial charge in [0.2, 0.25) is 0 Å². The summed E-state index contributed by atoms with van der Waals surface area (Å²) < 4.78 is 78.0. The molecule has 1 unspecified atom stereocenters. The van der Waals surface area contributed by atoms with E-state index in [0.717, 1.165) is 0 Å². The number of nitrogens with one attached hydrogen (secondary N) is 2. The summed E-state index contributed by atoms with van der Waals surface area (Å²) in [5.74, 6) is -0.928. The van der Waals surface area contributed by atoms with Crippen molar-refractivity contribution in [2.45, 2.75) is 64.8 Å². The van der Waals surface area contributed by atoms with E-state index in [2.05, 4.69) is 10.6 Å². The van der Waals surface area contributed by atoms with Crippen LogP contribution in [0.4, 0.5) is 31.1 Å². The summed E-state index contributed by atoms with van der Waals surface area (Å²) >= 11 is 0. The molecule has 11 heteroatoms. The zero-order valence-electron chi connectivity index (χ0n) is 18.5. The SMILES string of the molecule is CC(C)(C)C(NC(=O)O)[C@H]1CC[C@H](CNC(=O)c2cc(C(F)(F)F)cc(C(F)(F)F)c2)CC1. The van der Waals surface area contributed by atoms with E-state index in [-0.39, 0.29) is 35.9 Å². The highest BCUT2D eigenvalue weighted by Gasteiger charge is 2.38. The van der Waals surface area contributed by atoms with E-state index in [1.807, 2.05) is 20.8 Å². The molecule has 1 atom stereocenters. The van der Waals surface area contributed by atoms with Crippen LogP contribution in [-0.2, 0) is 12.4 Å². The topological polar surface area (TPSA) is 78.4 Å². The van der Waals surface area contributed by atoms with Crippen molar-refractivity contribution in [3.8, 4) is 0 Å². The second kappa shape index (κ2) is 9.80. The van der Waals surface area contributed by atoms with E-state index >= 15 is 0 Å². The van der Waals surface area contributed by atoms with Crippen molar-refractivity contribution in [3.63, 3.8) is 0 Å². The Morgan fingerprint density at radius 3 is 1.82 bits per heavy atom. The lowest BCUT2D eigenvalue weighted by molar-refractivity contribution is -0.143. The third-order valence-electron chi connectivity index (χ3n) is 5.98. The van der Waals surface area contributed by atoms with E-state index in [0.29, 0.717) is 37.8 Å². The number of rotatable bonds is 5. The fraction of sp³-hybridized carbons (Fsp3) is 0.636. The Kier molecular flexibility index (Phi) is 7.96. The highest BCUT2D eigenvalue weighted by atomic mass is 19.4. The summed E-state index contributed by atoms with van der Waals surface area (Å²) in [4.78, 5) is 23.5. The van der Waals surface area contributed by atoms with Gasteiger partial charge in [-0.15, -0.1) is 0 Å².